The molecule has 0 atom stereocenters. The zero-order valence-electron chi connectivity index (χ0n) is 15.5. The molecule has 1 N–H and O–H groups in total. The third-order valence-corrected chi connectivity index (χ3v) is 6.31. The summed E-state index contributed by atoms with van der Waals surface area (Å²) in [6.45, 7) is 0.144. The molecule has 29 heavy (non-hydrogen) atoms. The number of nitrogens with one attached hydrogen (secondary N) is 1. The Morgan fingerprint density at radius 3 is 2.14 bits per heavy atom. The zero-order chi connectivity index (χ0) is 21.0. The van der Waals surface area contributed by atoms with Gasteiger partial charge in [-0.15, -0.1) is 0 Å². The standard InChI is InChI=1S/C21H18ClFN2O3S/c1-25(29(27,28)20-12-6-17(22)7-13-20)14-15-2-4-16(5-3-15)21(26)24-19-10-8-18(23)9-11-19/h2-13H,14H2,1H3,(H,24,26). The van der Waals surface area contributed by atoms with Crippen molar-refractivity contribution in [3.05, 3.63) is 94.8 Å². The van der Waals surface area contributed by atoms with Gasteiger partial charge in [-0.25, -0.2) is 12.8 Å². The average molecular weight is 433 g/mol. The highest BCUT2D eigenvalue weighted by Gasteiger charge is 2.20. The van der Waals surface area contributed by atoms with E-state index in [9.17, 15) is 17.6 Å². The normalized spacial score (nSPS) is 11.4. The summed E-state index contributed by atoms with van der Waals surface area (Å²) in [5.41, 5.74) is 1.61. The first kappa shape index (κ1) is 21.0. The van der Waals surface area contributed by atoms with Gasteiger partial charge in [0.15, 0.2) is 0 Å². The van der Waals surface area contributed by atoms with E-state index in [4.69, 9.17) is 11.6 Å². The minimum Gasteiger partial charge on any atom is -0.322 e. The summed E-state index contributed by atoms with van der Waals surface area (Å²) in [6.07, 6.45) is 0. The number of carbonyl (C=O) groups excluding carboxylic acids is 1. The molecule has 0 unspecified atom stereocenters. The number of halogens is 2. The molecule has 0 aliphatic carbocycles. The molecule has 8 heteroatoms. The van der Waals surface area contributed by atoms with Gasteiger partial charge in [-0.2, -0.15) is 4.31 Å². The highest BCUT2D eigenvalue weighted by Crippen LogP contribution is 2.19. The Morgan fingerprint density at radius 1 is 0.966 bits per heavy atom. The summed E-state index contributed by atoms with van der Waals surface area (Å²) in [5, 5.41) is 3.13. The Hall–Kier alpha value is -2.74. The summed E-state index contributed by atoms with van der Waals surface area (Å²) >= 11 is 5.81. The van der Waals surface area contributed by atoms with Crippen LogP contribution in [0.2, 0.25) is 5.02 Å². The van der Waals surface area contributed by atoms with Crippen molar-refractivity contribution < 1.29 is 17.6 Å². The Kier molecular flexibility index (Phi) is 6.32. The average Bonchev–Trinajstić information content (AvgIpc) is 2.70. The number of sulfonamides is 1. The fourth-order valence-electron chi connectivity index (χ4n) is 2.63. The van der Waals surface area contributed by atoms with Crippen LogP contribution in [0.3, 0.4) is 0 Å². The molecular weight excluding hydrogens is 415 g/mol. The van der Waals surface area contributed by atoms with Crippen molar-refractivity contribution in [1.82, 2.24) is 4.31 Å². The molecule has 150 valence electrons. The van der Waals surface area contributed by atoms with Gasteiger partial charge in [-0.1, -0.05) is 23.7 Å². The van der Waals surface area contributed by atoms with Gasteiger partial charge >= 0.3 is 0 Å². The molecule has 0 aliphatic heterocycles. The van der Waals surface area contributed by atoms with E-state index in [0.717, 1.165) is 5.56 Å². The molecule has 0 aliphatic rings. The van der Waals surface area contributed by atoms with Crippen molar-refractivity contribution in [2.45, 2.75) is 11.4 Å². The molecule has 0 aromatic heterocycles. The zero-order valence-corrected chi connectivity index (χ0v) is 17.0. The van der Waals surface area contributed by atoms with E-state index in [1.807, 2.05) is 0 Å². The lowest BCUT2D eigenvalue weighted by atomic mass is 10.1. The van der Waals surface area contributed by atoms with E-state index in [1.165, 1.54) is 59.9 Å². The van der Waals surface area contributed by atoms with Crippen LogP contribution in [-0.4, -0.2) is 25.7 Å². The second-order valence-electron chi connectivity index (χ2n) is 6.37. The molecule has 0 radical (unpaired) electrons. The monoisotopic (exact) mass is 432 g/mol. The predicted molar refractivity (Wildman–Crippen MR) is 111 cm³/mol. The van der Waals surface area contributed by atoms with Crippen LogP contribution in [-0.2, 0) is 16.6 Å². The van der Waals surface area contributed by atoms with E-state index >= 15 is 0 Å². The van der Waals surface area contributed by atoms with Crippen LogP contribution >= 0.6 is 11.6 Å². The van der Waals surface area contributed by atoms with Crippen molar-refractivity contribution in [2.75, 3.05) is 12.4 Å². The number of rotatable bonds is 6. The van der Waals surface area contributed by atoms with E-state index in [2.05, 4.69) is 5.32 Å². The number of nitrogens with zero attached hydrogens (tertiary/aromatic N) is 1. The Labute approximate surface area is 173 Å². The number of anilines is 1. The molecule has 3 aromatic carbocycles. The van der Waals surface area contributed by atoms with E-state index in [0.29, 0.717) is 16.3 Å². The molecular formula is C21H18ClFN2O3S. The van der Waals surface area contributed by atoms with Crippen molar-refractivity contribution >= 4 is 33.2 Å². The first-order valence-electron chi connectivity index (χ1n) is 8.63. The van der Waals surface area contributed by atoms with Crippen molar-refractivity contribution in [3.8, 4) is 0 Å². The fourth-order valence-corrected chi connectivity index (χ4v) is 3.91. The quantitative estimate of drug-likeness (QED) is 0.621. The van der Waals surface area contributed by atoms with Crippen molar-refractivity contribution in [1.29, 1.82) is 0 Å². The first-order chi connectivity index (χ1) is 13.8. The van der Waals surface area contributed by atoms with Crippen LogP contribution in [0.5, 0.6) is 0 Å². The van der Waals surface area contributed by atoms with Gasteiger partial charge in [0, 0.05) is 29.9 Å². The maximum Gasteiger partial charge on any atom is 0.255 e. The van der Waals surface area contributed by atoms with E-state index in [-0.39, 0.29) is 23.2 Å². The lowest BCUT2D eigenvalue weighted by molar-refractivity contribution is 0.102. The summed E-state index contributed by atoms with van der Waals surface area (Å²) in [4.78, 5) is 12.4. The molecule has 0 heterocycles. The van der Waals surface area contributed by atoms with Gasteiger partial charge in [-0.3, -0.25) is 4.79 Å². The van der Waals surface area contributed by atoms with Crippen LogP contribution in [0.25, 0.3) is 0 Å². The number of carbonyl (C=O) groups is 1. The molecule has 3 rings (SSSR count). The number of hydrogen-bond acceptors (Lipinski definition) is 3. The Morgan fingerprint density at radius 2 is 1.55 bits per heavy atom. The lowest BCUT2D eigenvalue weighted by Crippen LogP contribution is -2.26. The van der Waals surface area contributed by atoms with Crippen LogP contribution < -0.4 is 5.32 Å². The summed E-state index contributed by atoms with van der Waals surface area (Å²) < 4.78 is 39.5. The van der Waals surface area contributed by atoms with Crippen LogP contribution in [0.1, 0.15) is 15.9 Å². The second-order valence-corrected chi connectivity index (χ2v) is 8.85. The van der Waals surface area contributed by atoms with Gasteiger partial charge in [0.1, 0.15) is 5.82 Å². The maximum absolute atomic E-state index is 12.9. The van der Waals surface area contributed by atoms with E-state index in [1.54, 1.807) is 24.3 Å². The predicted octanol–water partition coefficient (Wildman–Crippen LogP) is 4.55. The van der Waals surface area contributed by atoms with Crippen molar-refractivity contribution in [2.24, 2.45) is 0 Å². The smallest absolute Gasteiger partial charge is 0.255 e. The van der Waals surface area contributed by atoms with Crippen LogP contribution in [0.4, 0.5) is 10.1 Å². The molecule has 0 fully saturated rings. The lowest BCUT2D eigenvalue weighted by Gasteiger charge is -2.17. The molecule has 3 aromatic rings. The Balaban J connectivity index is 1.67. The third kappa shape index (κ3) is 5.20. The molecule has 1 amide bonds. The van der Waals surface area contributed by atoms with Crippen molar-refractivity contribution in [3.63, 3.8) is 0 Å². The first-order valence-corrected chi connectivity index (χ1v) is 10.5. The number of hydrogen-bond donors (Lipinski definition) is 1. The number of benzene rings is 3. The third-order valence-electron chi connectivity index (χ3n) is 4.25. The SMILES string of the molecule is CN(Cc1ccc(C(=O)Nc2ccc(F)cc2)cc1)S(=O)(=O)c1ccc(Cl)cc1. The molecule has 0 saturated heterocycles. The topological polar surface area (TPSA) is 66.5 Å². The van der Waals surface area contributed by atoms with Gasteiger partial charge in [-0.05, 0) is 66.2 Å². The molecule has 0 spiro atoms. The highest BCUT2D eigenvalue weighted by molar-refractivity contribution is 7.89. The van der Waals surface area contributed by atoms with E-state index < -0.39 is 10.0 Å². The summed E-state index contributed by atoms with van der Waals surface area (Å²) in [6, 6.07) is 18.0. The largest absolute Gasteiger partial charge is 0.322 e. The van der Waals surface area contributed by atoms with Crippen LogP contribution in [0, 0.1) is 5.82 Å². The molecule has 0 saturated carbocycles. The fraction of sp³-hybridized carbons (Fsp3) is 0.0952. The van der Waals surface area contributed by atoms with Gasteiger partial charge < -0.3 is 5.32 Å². The minimum absolute atomic E-state index is 0.144. The Bertz CT molecular complexity index is 1100. The van der Waals surface area contributed by atoms with Gasteiger partial charge in [0.2, 0.25) is 10.0 Å². The van der Waals surface area contributed by atoms with Crippen LogP contribution in [0.15, 0.2) is 77.7 Å². The van der Waals surface area contributed by atoms with Gasteiger partial charge in [0.05, 0.1) is 4.90 Å². The summed E-state index contributed by atoms with van der Waals surface area (Å²) in [7, 11) is -2.17. The second kappa shape index (κ2) is 8.73. The summed E-state index contributed by atoms with van der Waals surface area (Å²) in [5.74, 6) is -0.727. The highest BCUT2D eigenvalue weighted by atomic mass is 35.5. The van der Waals surface area contributed by atoms with Gasteiger partial charge in [0.25, 0.3) is 5.91 Å². The molecule has 5 nitrogen and oxygen atoms in total. The number of amides is 1. The maximum atomic E-state index is 12.9. The minimum atomic E-state index is -3.66. The molecule has 0 bridgehead atoms.